The van der Waals surface area contributed by atoms with E-state index in [1.165, 1.54) is 0 Å². The number of amides is 1. The van der Waals surface area contributed by atoms with Crippen molar-refractivity contribution < 1.29 is 4.79 Å². The first-order valence-corrected chi connectivity index (χ1v) is 10.7. The Bertz CT molecular complexity index is 570. The van der Waals surface area contributed by atoms with Crippen LogP contribution in [0.25, 0.3) is 0 Å². The van der Waals surface area contributed by atoms with Crippen LogP contribution < -0.4 is 10.6 Å². The number of hydrogen-bond acceptors (Lipinski definition) is 5. The maximum atomic E-state index is 11.7. The predicted octanol–water partition coefficient (Wildman–Crippen LogP) is 2.59. The Morgan fingerprint density at radius 2 is 1.96 bits per heavy atom. The highest BCUT2D eigenvalue weighted by Crippen LogP contribution is 2.25. The molecule has 9 heteroatoms. The molecule has 1 amide bonds. The van der Waals surface area contributed by atoms with Crippen molar-refractivity contribution in [3.05, 3.63) is 16.1 Å². The van der Waals surface area contributed by atoms with Crippen molar-refractivity contribution in [3.63, 3.8) is 0 Å². The molecule has 1 rings (SSSR count). The highest BCUT2D eigenvalue weighted by atomic mass is 127. The highest BCUT2D eigenvalue weighted by Gasteiger charge is 2.17. The average molecular weight is 514 g/mol. The van der Waals surface area contributed by atoms with Crippen molar-refractivity contribution in [1.82, 2.24) is 20.5 Å². The van der Waals surface area contributed by atoms with Gasteiger partial charge in [-0.1, -0.05) is 20.8 Å². The van der Waals surface area contributed by atoms with E-state index in [9.17, 15) is 4.79 Å². The van der Waals surface area contributed by atoms with Crippen molar-refractivity contribution in [2.24, 2.45) is 4.99 Å². The monoisotopic (exact) mass is 513 g/mol. The van der Waals surface area contributed by atoms with E-state index >= 15 is 0 Å². The summed E-state index contributed by atoms with van der Waals surface area (Å²) in [6.45, 7) is 8.22. The van der Waals surface area contributed by atoms with Crippen LogP contribution in [0.1, 0.15) is 31.5 Å². The second-order valence-electron chi connectivity index (χ2n) is 6.94. The molecule has 0 bridgehead atoms. The van der Waals surface area contributed by atoms with E-state index in [0.717, 1.165) is 36.0 Å². The summed E-state index contributed by atoms with van der Waals surface area (Å²) in [7, 11) is 3.47. The fourth-order valence-electron chi connectivity index (χ4n) is 1.81. The van der Waals surface area contributed by atoms with Crippen LogP contribution in [0.2, 0.25) is 0 Å². The van der Waals surface area contributed by atoms with E-state index in [0.29, 0.717) is 5.96 Å². The van der Waals surface area contributed by atoms with Gasteiger partial charge in [0.2, 0.25) is 5.91 Å². The number of carbonyl (C=O) groups excluding carboxylic acids is 1. The molecule has 0 radical (unpaired) electrons. The lowest BCUT2D eigenvalue weighted by Crippen LogP contribution is -2.40. The van der Waals surface area contributed by atoms with Crippen LogP contribution in [0.3, 0.4) is 0 Å². The molecule has 6 nitrogen and oxygen atoms in total. The van der Waals surface area contributed by atoms with Gasteiger partial charge < -0.3 is 15.5 Å². The molecule has 2 N–H and O–H groups in total. The molecular formula is C17H32IN5OS2. The number of aromatic nitrogens is 1. The summed E-state index contributed by atoms with van der Waals surface area (Å²) in [5.74, 6) is 1.65. The SMILES string of the molecule is CSCCNC(=NCC(=O)N(C)C)NCCc1csc(C(C)(C)C)n1.I. The minimum Gasteiger partial charge on any atom is -0.356 e. The Kier molecular flexibility index (Phi) is 12.5. The standard InChI is InChI=1S/C17H31N5OS2.HI/c1-17(2,3)15-21-13(12-25-15)7-8-18-16(19-9-10-24-6)20-11-14(23)22(4)5;/h12H,7-11H2,1-6H3,(H2,18,19,20);1H. The Hall–Kier alpha value is -0.550. The van der Waals surface area contributed by atoms with Crippen LogP contribution in [0.5, 0.6) is 0 Å². The van der Waals surface area contributed by atoms with Gasteiger partial charge in [0.05, 0.1) is 10.7 Å². The lowest BCUT2D eigenvalue weighted by Gasteiger charge is -2.14. The Balaban J connectivity index is 0.00000625. The van der Waals surface area contributed by atoms with Crippen molar-refractivity contribution in [1.29, 1.82) is 0 Å². The van der Waals surface area contributed by atoms with E-state index in [1.54, 1.807) is 42.1 Å². The third kappa shape index (κ3) is 9.96. The molecule has 0 atom stereocenters. The van der Waals surface area contributed by atoms with Gasteiger partial charge in [-0.2, -0.15) is 11.8 Å². The van der Waals surface area contributed by atoms with Crippen LogP contribution in [0, 0.1) is 0 Å². The molecule has 150 valence electrons. The normalized spacial score (nSPS) is 11.7. The van der Waals surface area contributed by atoms with Crippen LogP contribution in [0.15, 0.2) is 10.4 Å². The molecule has 1 heterocycles. The van der Waals surface area contributed by atoms with Gasteiger partial charge in [-0.15, -0.1) is 35.3 Å². The van der Waals surface area contributed by atoms with Gasteiger partial charge in [0.1, 0.15) is 6.54 Å². The van der Waals surface area contributed by atoms with E-state index < -0.39 is 0 Å². The van der Waals surface area contributed by atoms with Gasteiger partial charge in [-0.05, 0) is 6.26 Å². The number of halogens is 1. The second-order valence-corrected chi connectivity index (χ2v) is 8.79. The summed E-state index contributed by atoms with van der Waals surface area (Å²) >= 11 is 3.48. The largest absolute Gasteiger partial charge is 0.356 e. The maximum absolute atomic E-state index is 11.7. The molecule has 0 aliphatic carbocycles. The van der Waals surface area contributed by atoms with Gasteiger partial charge in [-0.3, -0.25) is 4.79 Å². The van der Waals surface area contributed by atoms with Gasteiger partial charge in [-0.25, -0.2) is 9.98 Å². The first-order chi connectivity index (χ1) is 11.7. The molecule has 0 spiro atoms. The zero-order valence-corrected chi connectivity index (χ0v) is 20.6. The Morgan fingerprint density at radius 1 is 1.31 bits per heavy atom. The number of likely N-dealkylation sites (N-methyl/N-ethyl adjacent to an activating group) is 1. The predicted molar refractivity (Wildman–Crippen MR) is 125 cm³/mol. The summed E-state index contributed by atoms with van der Waals surface area (Å²) < 4.78 is 0. The quantitative estimate of drug-likeness (QED) is 0.242. The maximum Gasteiger partial charge on any atom is 0.243 e. The summed E-state index contributed by atoms with van der Waals surface area (Å²) in [5.41, 5.74) is 1.18. The van der Waals surface area contributed by atoms with Crippen LogP contribution in [-0.4, -0.2) is 67.5 Å². The molecular weight excluding hydrogens is 481 g/mol. The Morgan fingerprint density at radius 3 is 2.50 bits per heavy atom. The molecule has 0 unspecified atom stereocenters. The van der Waals surface area contributed by atoms with Crippen LogP contribution in [0.4, 0.5) is 0 Å². The molecule has 0 aliphatic rings. The minimum absolute atomic E-state index is 0. The molecule has 0 saturated carbocycles. The molecule has 26 heavy (non-hydrogen) atoms. The van der Waals surface area contributed by atoms with Gasteiger partial charge in [0.15, 0.2) is 5.96 Å². The first kappa shape index (κ1) is 25.4. The lowest BCUT2D eigenvalue weighted by atomic mass is 9.98. The summed E-state index contributed by atoms with van der Waals surface area (Å²) in [6.07, 6.45) is 2.90. The Labute approximate surface area is 183 Å². The van der Waals surface area contributed by atoms with E-state index in [1.807, 2.05) is 0 Å². The number of thioether (sulfide) groups is 1. The van der Waals surface area contributed by atoms with E-state index in [2.05, 4.69) is 48.0 Å². The number of nitrogens with zero attached hydrogens (tertiary/aromatic N) is 3. The number of thiazole rings is 1. The first-order valence-electron chi connectivity index (χ1n) is 8.40. The van der Waals surface area contributed by atoms with E-state index in [4.69, 9.17) is 4.98 Å². The fraction of sp³-hybridized carbons (Fsp3) is 0.706. The number of carbonyl (C=O) groups is 1. The average Bonchev–Trinajstić information content (AvgIpc) is 3.01. The number of guanidine groups is 1. The third-order valence-electron chi connectivity index (χ3n) is 3.34. The summed E-state index contributed by atoms with van der Waals surface area (Å²) in [5, 5.41) is 9.83. The number of rotatable bonds is 8. The van der Waals surface area contributed by atoms with Crippen molar-refractivity contribution in [3.8, 4) is 0 Å². The second kappa shape index (κ2) is 12.8. The number of nitrogens with one attached hydrogen (secondary N) is 2. The van der Waals surface area contributed by atoms with E-state index in [-0.39, 0.29) is 41.8 Å². The van der Waals surface area contributed by atoms with Gasteiger partial charge in [0.25, 0.3) is 0 Å². The van der Waals surface area contributed by atoms with Crippen molar-refractivity contribution >= 4 is 58.9 Å². The number of hydrogen-bond donors (Lipinski definition) is 2. The highest BCUT2D eigenvalue weighted by molar-refractivity contribution is 14.0. The van der Waals surface area contributed by atoms with Crippen molar-refractivity contribution in [2.45, 2.75) is 32.6 Å². The van der Waals surface area contributed by atoms with Gasteiger partial charge in [0, 0.05) is 50.2 Å². The molecule has 0 aromatic carbocycles. The van der Waals surface area contributed by atoms with Crippen LogP contribution >= 0.6 is 47.1 Å². The van der Waals surface area contributed by atoms with Gasteiger partial charge >= 0.3 is 0 Å². The third-order valence-corrected chi connectivity index (χ3v) is 5.27. The molecule has 1 aromatic rings. The topological polar surface area (TPSA) is 69.6 Å². The lowest BCUT2D eigenvalue weighted by molar-refractivity contribution is -0.127. The smallest absolute Gasteiger partial charge is 0.243 e. The molecule has 0 aliphatic heterocycles. The van der Waals surface area contributed by atoms with Crippen LogP contribution in [-0.2, 0) is 16.6 Å². The molecule has 0 fully saturated rings. The summed E-state index contributed by atoms with van der Waals surface area (Å²) in [6, 6.07) is 0. The summed E-state index contributed by atoms with van der Waals surface area (Å²) in [4.78, 5) is 22.3. The zero-order valence-electron chi connectivity index (χ0n) is 16.6. The fourth-order valence-corrected chi connectivity index (χ4v) is 3.06. The minimum atomic E-state index is -0.0136. The van der Waals surface area contributed by atoms with Crippen molar-refractivity contribution in [2.75, 3.05) is 45.7 Å². The molecule has 0 saturated heterocycles. The number of aliphatic imine (C=N–C) groups is 1. The molecule has 1 aromatic heterocycles. The zero-order chi connectivity index (χ0) is 18.9.